The Kier molecular flexibility index (Phi) is 4.18. The fourth-order valence-corrected chi connectivity index (χ4v) is 3.15. The lowest BCUT2D eigenvalue weighted by atomic mass is 9.78. The van der Waals surface area contributed by atoms with Crippen molar-refractivity contribution >= 4 is 5.97 Å². The van der Waals surface area contributed by atoms with Crippen molar-refractivity contribution < 1.29 is 19.3 Å². The van der Waals surface area contributed by atoms with Crippen LogP contribution in [0.4, 0.5) is 0 Å². The van der Waals surface area contributed by atoms with E-state index in [1.54, 1.807) is 0 Å². The van der Waals surface area contributed by atoms with Crippen LogP contribution in [0.2, 0.25) is 0 Å². The number of carbonyl (C=O) groups is 1. The van der Waals surface area contributed by atoms with Crippen molar-refractivity contribution in [3.63, 3.8) is 0 Å². The molecule has 4 heteroatoms. The summed E-state index contributed by atoms with van der Waals surface area (Å²) < 4.78 is 5.76. The van der Waals surface area contributed by atoms with Gasteiger partial charge in [-0.1, -0.05) is 40.0 Å². The number of ether oxygens (including phenoxy) is 1. The van der Waals surface area contributed by atoms with Crippen molar-refractivity contribution in [2.45, 2.75) is 84.5 Å². The van der Waals surface area contributed by atoms with Gasteiger partial charge in [-0.05, 0) is 38.0 Å². The lowest BCUT2D eigenvalue weighted by Gasteiger charge is -2.37. The quantitative estimate of drug-likeness (QED) is 0.445. The van der Waals surface area contributed by atoms with Gasteiger partial charge < -0.3 is 4.74 Å². The molecule has 0 bridgehead atoms. The van der Waals surface area contributed by atoms with Crippen LogP contribution in [0.3, 0.4) is 0 Å². The predicted octanol–water partition coefficient (Wildman–Crippen LogP) is 3.98. The van der Waals surface area contributed by atoms with Crippen molar-refractivity contribution in [2.24, 2.45) is 11.3 Å². The van der Waals surface area contributed by atoms with E-state index in [9.17, 15) is 4.79 Å². The smallest absolute Gasteiger partial charge is 0.373 e. The minimum atomic E-state index is -1.16. The molecule has 1 aliphatic heterocycles. The molecule has 0 unspecified atom stereocenters. The van der Waals surface area contributed by atoms with Crippen LogP contribution >= 0.6 is 0 Å². The topological polar surface area (TPSA) is 51.4 Å². The highest BCUT2D eigenvalue weighted by atomic mass is 17.4. The molecule has 0 N–H and O–H groups in total. The maximum Gasteiger partial charge on any atom is 0.373 e. The summed E-state index contributed by atoms with van der Waals surface area (Å²) in [7, 11) is 0. The van der Waals surface area contributed by atoms with E-state index in [0.717, 1.165) is 12.8 Å². The summed E-state index contributed by atoms with van der Waals surface area (Å²) in [6, 6.07) is 0. The molecule has 2 rings (SSSR count). The molecule has 0 aromatic carbocycles. The van der Waals surface area contributed by atoms with Crippen LogP contribution in [0.25, 0.3) is 0 Å². The van der Waals surface area contributed by atoms with Gasteiger partial charge in [-0.25, -0.2) is 4.79 Å². The van der Waals surface area contributed by atoms with Crippen molar-refractivity contribution in [1.82, 2.24) is 0 Å². The van der Waals surface area contributed by atoms with Crippen LogP contribution in [0, 0.1) is 11.3 Å². The second-order valence-corrected chi connectivity index (χ2v) is 7.98. The van der Waals surface area contributed by atoms with Crippen LogP contribution in [-0.4, -0.2) is 17.4 Å². The van der Waals surface area contributed by atoms with E-state index in [1.165, 1.54) is 19.3 Å². The summed E-state index contributed by atoms with van der Waals surface area (Å²) in [4.78, 5) is 22.4. The summed E-state index contributed by atoms with van der Waals surface area (Å²) in [5.74, 6) is -1.10. The van der Waals surface area contributed by atoms with Crippen LogP contribution < -0.4 is 0 Å². The van der Waals surface area contributed by atoms with Crippen LogP contribution in [0.5, 0.6) is 0 Å². The first kappa shape index (κ1) is 15.8. The maximum atomic E-state index is 12.4. The second-order valence-electron chi connectivity index (χ2n) is 7.98. The minimum absolute atomic E-state index is 0.0511. The van der Waals surface area contributed by atoms with Gasteiger partial charge in [0.2, 0.25) is 0 Å². The molecule has 0 aromatic rings. The molecule has 4 nitrogen and oxygen atoms in total. The molecule has 0 atom stereocenters. The van der Waals surface area contributed by atoms with Gasteiger partial charge in [0.15, 0.2) is 0 Å². The van der Waals surface area contributed by atoms with E-state index < -0.39 is 11.4 Å². The van der Waals surface area contributed by atoms with Crippen molar-refractivity contribution in [1.29, 1.82) is 0 Å². The van der Waals surface area contributed by atoms with Gasteiger partial charge in [-0.15, -0.1) is 0 Å². The van der Waals surface area contributed by atoms with Crippen molar-refractivity contribution in [3.05, 3.63) is 0 Å². The Bertz CT molecular complexity index is 357. The molecule has 0 spiro atoms. The minimum Gasteiger partial charge on any atom is -0.455 e. The van der Waals surface area contributed by atoms with Crippen LogP contribution in [0.1, 0.15) is 73.1 Å². The summed E-state index contributed by atoms with van der Waals surface area (Å²) >= 11 is 0. The van der Waals surface area contributed by atoms with Gasteiger partial charge in [-0.3, -0.25) is 0 Å². The number of hydrogen-bond acceptors (Lipinski definition) is 4. The van der Waals surface area contributed by atoms with E-state index in [2.05, 4.69) is 20.8 Å². The second kappa shape index (κ2) is 5.30. The number of rotatable bonds is 4. The van der Waals surface area contributed by atoms with Crippen molar-refractivity contribution in [2.75, 3.05) is 0 Å². The Morgan fingerprint density at radius 2 is 1.65 bits per heavy atom. The van der Waals surface area contributed by atoms with Gasteiger partial charge in [0, 0.05) is 6.42 Å². The van der Waals surface area contributed by atoms with Gasteiger partial charge >= 0.3 is 11.8 Å². The van der Waals surface area contributed by atoms with Gasteiger partial charge in [0.05, 0.1) is 0 Å². The van der Waals surface area contributed by atoms with E-state index in [1.807, 2.05) is 13.8 Å². The van der Waals surface area contributed by atoms with E-state index in [-0.39, 0.29) is 11.4 Å². The molecule has 20 heavy (non-hydrogen) atoms. The zero-order chi connectivity index (χ0) is 15.0. The highest BCUT2D eigenvalue weighted by Crippen LogP contribution is 2.44. The van der Waals surface area contributed by atoms with Crippen LogP contribution in [-0.2, 0) is 19.3 Å². The van der Waals surface area contributed by atoms with Gasteiger partial charge in [-0.2, -0.15) is 9.78 Å². The third kappa shape index (κ3) is 3.73. The molecule has 116 valence electrons. The molecular weight excluding hydrogens is 256 g/mol. The maximum absolute atomic E-state index is 12.4. The molecule has 0 radical (unpaired) electrons. The first-order valence-corrected chi connectivity index (χ1v) is 7.75. The van der Waals surface area contributed by atoms with E-state index >= 15 is 0 Å². The SMILES string of the molecule is CC(C)(C)CC1(C(=O)OC(C)(C)C2CCCCC2)OO1. The Morgan fingerprint density at radius 3 is 2.10 bits per heavy atom. The predicted molar refractivity (Wildman–Crippen MR) is 75.7 cm³/mol. The Labute approximate surface area is 122 Å². The highest BCUT2D eigenvalue weighted by Gasteiger charge is 2.61. The average Bonchev–Trinajstić information content (AvgIpc) is 3.08. The molecule has 0 amide bonds. The third-order valence-electron chi connectivity index (χ3n) is 4.30. The molecular formula is C16H28O4. The van der Waals surface area contributed by atoms with E-state index in [0.29, 0.717) is 12.3 Å². The number of carbonyl (C=O) groups excluding carboxylic acids is 1. The molecule has 1 saturated heterocycles. The summed E-state index contributed by atoms with van der Waals surface area (Å²) in [6.45, 7) is 10.2. The highest BCUT2D eigenvalue weighted by molar-refractivity contribution is 5.79. The normalized spacial score (nSPS) is 23.4. The molecule has 2 aliphatic rings. The number of hydrogen-bond donors (Lipinski definition) is 0. The van der Waals surface area contributed by atoms with Crippen molar-refractivity contribution in [3.8, 4) is 0 Å². The summed E-state index contributed by atoms with van der Waals surface area (Å²) in [6.07, 6.45) is 6.53. The largest absolute Gasteiger partial charge is 0.455 e. The first-order chi connectivity index (χ1) is 9.15. The fourth-order valence-electron chi connectivity index (χ4n) is 3.15. The summed E-state index contributed by atoms with van der Waals surface area (Å²) in [5, 5.41) is 0. The standard InChI is InChI=1S/C16H28O4/c1-14(2,3)11-16(19-20-16)13(17)18-15(4,5)12-9-7-6-8-10-12/h12H,6-11H2,1-5H3. The summed E-state index contributed by atoms with van der Waals surface area (Å²) in [5.41, 5.74) is -0.498. The average molecular weight is 284 g/mol. The molecule has 2 fully saturated rings. The monoisotopic (exact) mass is 284 g/mol. The Balaban J connectivity index is 1.96. The Hall–Kier alpha value is -0.610. The van der Waals surface area contributed by atoms with Gasteiger partial charge in [0.1, 0.15) is 5.60 Å². The first-order valence-electron chi connectivity index (χ1n) is 7.75. The lowest BCUT2D eigenvalue weighted by Crippen LogP contribution is -2.42. The van der Waals surface area contributed by atoms with E-state index in [4.69, 9.17) is 14.5 Å². The third-order valence-corrected chi connectivity index (χ3v) is 4.30. The molecule has 1 aliphatic carbocycles. The molecule has 1 heterocycles. The zero-order valence-corrected chi connectivity index (χ0v) is 13.5. The fraction of sp³-hybridized carbons (Fsp3) is 0.938. The van der Waals surface area contributed by atoms with Crippen LogP contribution in [0.15, 0.2) is 0 Å². The molecule has 1 saturated carbocycles. The lowest BCUT2D eigenvalue weighted by molar-refractivity contribution is -0.172. The van der Waals surface area contributed by atoms with Gasteiger partial charge in [0.25, 0.3) is 0 Å². The number of esters is 1. The zero-order valence-electron chi connectivity index (χ0n) is 13.5. The Morgan fingerprint density at radius 1 is 1.10 bits per heavy atom. The molecule has 0 aromatic heterocycles.